The van der Waals surface area contributed by atoms with Gasteiger partial charge in [-0.1, -0.05) is 20.8 Å². The van der Waals surface area contributed by atoms with Crippen molar-refractivity contribution in [3.8, 4) is 10.7 Å². The molecule has 122 valence electrons. The standard InChI is InChI=1S/C15H24N2O2S2Si/c1-10(19-22(5,6)15(2,3)4)13-17-12(9-21-13)14-16-11(7-18)8-20-14/h8-10,18H,7H2,1-6H3. The molecule has 0 aliphatic carbocycles. The van der Waals surface area contributed by atoms with E-state index in [0.717, 1.165) is 15.7 Å². The monoisotopic (exact) mass is 356 g/mol. The third-order valence-corrected chi connectivity index (χ3v) is 10.6. The number of nitrogens with zero attached hydrogens (tertiary/aromatic N) is 2. The molecule has 22 heavy (non-hydrogen) atoms. The Morgan fingerprint density at radius 2 is 1.91 bits per heavy atom. The highest BCUT2D eigenvalue weighted by molar-refractivity contribution is 7.14. The van der Waals surface area contributed by atoms with Crippen molar-refractivity contribution in [1.29, 1.82) is 0 Å². The van der Waals surface area contributed by atoms with Gasteiger partial charge in [0.25, 0.3) is 0 Å². The lowest BCUT2D eigenvalue weighted by atomic mass is 10.2. The Bertz CT molecular complexity index is 632. The van der Waals surface area contributed by atoms with Gasteiger partial charge in [-0.25, -0.2) is 9.97 Å². The number of thiazole rings is 2. The molecule has 1 unspecified atom stereocenters. The van der Waals surface area contributed by atoms with Crippen molar-refractivity contribution in [1.82, 2.24) is 9.97 Å². The minimum absolute atomic E-state index is 0.00286. The highest BCUT2D eigenvalue weighted by Gasteiger charge is 2.39. The average molecular weight is 357 g/mol. The van der Waals surface area contributed by atoms with Gasteiger partial charge in [0.1, 0.15) is 15.7 Å². The molecule has 0 saturated heterocycles. The number of hydrogen-bond donors (Lipinski definition) is 1. The van der Waals surface area contributed by atoms with Crippen molar-refractivity contribution in [3.05, 3.63) is 21.5 Å². The molecule has 0 fully saturated rings. The second-order valence-corrected chi connectivity index (χ2v) is 13.4. The number of rotatable bonds is 5. The maximum Gasteiger partial charge on any atom is 0.193 e. The summed E-state index contributed by atoms with van der Waals surface area (Å²) >= 11 is 3.12. The fourth-order valence-electron chi connectivity index (χ4n) is 1.74. The van der Waals surface area contributed by atoms with Gasteiger partial charge >= 0.3 is 0 Å². The molecule has 0 spiro atoms. The molecule has 7 heteroatoms. The summed E-state index contributed by atoms with van der Waals surface area (Å²) in [4.78, 5) is 9.04. The third kappa shape index (κ3) is 3.83. The van der Waals surface area contributed by atoms with Crippen LogP contribution >= 0.6 is 22.7 Å². The largest absolute Gasteiger partial charge is 0.408 e. The van der Waals surface area contributed by atoms with Crippen LogP contribution in [0, 0.1) is 0 Å². The first-order chi connectivity index (χ1) is 10.1. The average Bonchev–Trinajstić information content (AvgIpc) is 3.05. The molecule has 0 aliphatic heterocycles. The lowest BCUT2D eigenvalue weighted by molar-refractivity contribution is 0.202. The topological polar surface area (TPSA) is 55.2 Å². The van der Waals surface area contributed by atoms with Crippen LogP contribution in [-0.2, 0) is 11.0 Å². The summed E-state index contributed by atoms with van der Waals surface area (Å²) in [6.07, 6.45) is -0.00286. The van der Waals surface area contributed by atoms with Gasteiger partial charge in [0.2, 0.25) is 0 Å². The number of aliphatic hydroxyl groups excluding tert-OH is 1. The van der Waals surface area contributed by atoms with E-state index in [9.17, 15) is 0 Å². The van der Waals surface area contributed by atoms with E-state index < -0.39 is 8.32 Å². The van der Waals surface area contributed by atoms with Gasteiger partial charge in [-0.2, -0.15) is 0 Å². The zero-order valence-corrected chi connectivity index (χ0v) is 16.6. The van der Waals surface area contributed by atoms with E-state index in [2.05, 4.69) is 50.8 Å². The van der Waals surface area contributed by atoms with Crippen LogP contribution in [0.4, 0.5) is 0 Å². The van der Waals surface area contributed by atoms with E-state index >= 15 is 0 Å². The van der Waals surface area contributed by atoms with E-state index in [0.29, 0.717) is 5.69 Å². The molecule has 2 aromatic heterocycles. The van der Waals surface area contributed by atoms with Gasteiger partial charge in [0.15, 0.2) is 8.32 Å². The van der Waals surface area contributed by atoms with Crippen LogP contribution in [0.2, 0.25) is 18.1 Å². The summed E-state index contributed by atoms with van der Waals surface area (Å²) in [6.45, 7) is 13.3. The van der Waals surface area contributed by atoms with Crippen LogP contribution in [0.25, 0.3) is 10.7 Å². The second kappa shape index (κ2) is 6.49. The minimum atomic E-state index is -1.80. The first-order valence-corrected chi connectivity index (χ1v) is 12.0. The Kier molecular flexibility index (Phi) is 5.23. The van der Waals surface area contributed by atoms with Gasteiger partial charge < -0.3 is 9.53 Å². The van der Waals surface area contributed by atoms with E-state index in [1.54, 1.807) is 11.3 Å². The molecule has 1 atom stereocenters. The second-order valence-electron chi connectivity index (χ2n) is 6.89. The molecule has 0 amide bonds. The van der Waals surface area contributed by atoms with Crippen LogP contribution in [0.5, 0.6) is 0 Å². The van der Waals surface area contributed by atoms with Crippen molar-refractivity contribution in [2.45, 2.75) is 58.5 Å². The summed E-state index contributed by atoms with van der Waals surface area (Å²) in [6, 6.07) is 0. The maximum atomic E-state index is 9.11. The SMILES string of the molecule is CC(O[Si](C)(C)C(C)(C)C)c1nc(-c2nc(CO)cs2)cs1. The number of hydrogen-bond acceptors (Lipinski definition) is 6. The third-order valence-electron chi connectivity index (χ3n) is 4.08. The van der Waals surface area contributed by atoms with Gasteiger partial charge in [-0.05, 0) is 25.1 Å². The molecule has 2 heterocycles. The molecular weight excluding hydrogens is 332 g/mol. The number of aromatic nitrogens is 2. The van der Waals surface area contributed by atoms with Crippen LogP contribution in [0.3, 0.4) is 0 Å². The summed E-state index contributed by atoms with van der Waals surface area (Å²) in [5.74, 6) is 0. The Hall–Kier alpha value is -0.603. The predicted molar refractivity (Wildman–Crippen MR) is 95.8 cm³/mol. The molecular formula is C15H24N2O2S2Si. The van der Waals surface area contributed by atoms with Crippen molar-refractivity contribution >= 4 is 31.0 Å². The van der Waals surface area contributed by atoms with Crippen molar-refractivity contribution in [2.24, 2.45) is 0 Å². The highest BCUT2D eigenvalue weighted by atomic mass is 32.1. The molecule has 0 aliphatic rings. The van der Waals surface area contributed by atoms with E-state index in [1.807, 2.05) is 10.8 Å². The van der Waals surface area contributed by atoms with Gasteiger partial charge in [-0.15, -0.1) is 22.7 Å². The van der Waals surface area contributed by atoms with Crippen LogP contribution in [0.15, 0.2) is 10.8 Å². The van der Waals surface area contributed by atoms with Gasteiger partial charge in [-0.3, -0.25) is 0 Å². The smallest absolute Gasteiger partial charge is 0.193 e. The zero-order valence-electron chi connectivity index (χ0n) is 14.0. The van der Waals surface area contributed by atoms with E-state index in [4.69, 9.17) is 9.53 Å². The molecule has 0 radical (unpaired) electrons. The first kappa shape index (κ1) is 17.7. The van der Waals surface area contributed by atoms with Crippen molar-refractivity contribution in [2.75, 3.05) is 0 Å². The normalized spacial score (nSPS) is 14.3. The molecule has 2 rings (SSSR count). The highest BCUT2D eigenvalue weighted by Crippen LogP contribution is 2.40. The summed E-state index contributed by atoms with van der Waals surface area (Å²) in [5.41, 5.74) is 1.57. The fourth-order valence-corrected chi connectivity index (χ4v) is 4.81. The molecule has 0 saturated carbocycles. The van der Waals surface area contributed by atoms with Gasteiger partial charge in [0.05, 0.1) is 18.4 Å². The lowest BCUT2D eigenvalue weighted by Crippen LogP contribution is -2.41. The summed E-state index contributed by atoms with van der Waals surface area (Å²) < 4.78 is 6.39. The Labute approximate surface area is 141 Å². The number of aliphatic hydroxyl groups is 1. The first-order valence-electron chi connectivity index (χ1n) is 7.33. The van der Waals surface area contributed by atoms with Crippen LogP contribution in [-0.4, -0.2) is 23.4 Å². The van der Waals surface area contributed by atoms with Crippen molar-refractivity contribution in [3.63, 3.8) is 0 Å². The van der Waals surface area contributed by atoms with Crippen LogP contribution in [0.1, 0.15) is 44.5 Å². The van der Waals surface area contributed by atoms with Crippen LogP contribution < -0.4 is 0 Å². The Morgan fingerprint density at radius 3 is 2.45 bits per heavy atom. The minimum Gasteiger partial charge on any atom is -0.408 e. The Balaban J connectivity index is 2.14. The molecule has 0 aromatic carbocycles. The quantitative estimate of drug-likeness (QED) is 0.779. The summed E-state index contributed by atoms with van der Waals surface area (Å²) in [5, 5.41) is 15.0. The maximum absolute atomic E-state index is 9.11. The molecule has 1 N–H and O–H groups in total. The van der Waals surface area contributed by atoms with Crippen molar-refractivity contribution < 1.29 is 9.53 Å². The lowest BCUT2D eigenvalue weighted by Gasteiger charge is -2.38. The predicted octanol–water partition coefficient (Wildman–Crippen LogP) is 4.84. The summed E-state index contributed by atoms with van der Waals surface area (Å²) in [7, 11) is -1.80. The molecule has 0 bridgehead atoms. The van der Waals surface area contributed by atoms with E-state index in [-0.39, 0.29) is 17.7 Å². The zero-order chi connectivity index (χ0) is 16.5. The Morgan fingerprint density at radius 1 is 1.23 bits per heavy atom. The van der Waals surface area contributed by atoms with Gasteiger partial charge in [0, 0.05) is 10.8 Å². The molecule has 2 aromatic rings. The van der Waals surface area contributed by atoms with E-state index in [1.165, 1.54) is 11.3 Å². The fraction of sp³-hybridized carbons (Fsp3) is 0.600. The molecule has 4 nitrogen and oxygen atoms in total.